The number of aromatic amines is 1. The van der Waals surface area contributed by atoms with E-state index < -0.39 is 0 Å². The Morgan fingerprint density at radius 2 is 1.68 bits per heavy atom. The number of aryl methyl sites for hydroxylation is 1. The van der Waals surface area contributed by atoms with E-state index in [-0.39, 0.29) is 0 Å². The highest BCUT2D eigenvalue weighted by molar-refractivity contribution is 5.96. The molecule has 2 N–H and O–H groups in total. The topological polar surface area (TPSA) is 73.3 Å². The predicted octanol–water partition coefficient (Wildman–Crippen LogP) is 3.96. The number of H-pyrrole nitrogens is 1. The quantitative estimate of drug-likeness (QED) is 0.515. The van der Waals surface area contributed by atoms with Crippen molar-refractivity contribution in [2.24, 2.45) is 0 Å². The molecule has 25 heavy (non-hydrogen) atoms. The van der Waals surface area contributed by atoms with Crippen LogP contribution in [0.15, 0.2) is 67.0 Å². The van der Waals surface area contributed by atoms with Gasteiger partial charge < -0.3 is 5.32 Å². The molecule has 5 rings (SSSR count). The average Bonchev–Trinajstić information content (AvgIpc) is 3.22. The molecule has 6 nitrogen and oxygen atoms in total. The summed E-state index contributed by atoms with van der Waals surface area (Å²) in [6, 6.07) is 19.9. The summed E-state index contributed by atoms with van der Waals surface area (Å²) in [4.78, 5) is 4.49. The maximum absolute atomic E-state index is 9.41. The normalized spacial score (nSPS) is 10.6. The van der Waals surface area contributed by atoms with Gasteiger partial charge in [0.05, 0.1) is 34.9 Å². The Labute approximate surface area is 144 Å². The summed E-state index contributed by atoms with van der Waals surface area (Å²) in [5, 5.41) is 16.6. The molecular weight excluding hydrogens is 312 g/mol. The molecule has 122 valence electrons. The lowest BCUT2D eigenvalue weighted by Gasteiger charge is -2.13. The monoisotopic (exact) mass is 328 g/mol. The van der Waals surface area contributed by atoms with Crippen LogP contribution < -0.4 is 5.32 Å². The Balaban J connectivity index is 0.000000263. The summed E-state index contributed by atoms with van der Waals surface area (Å²) in [6.45, 7) is 1.86. The Kier molecular flexibility index (Phi) is 3.60. The number of anilines is 2. The van der Waals surface area contributed by atoms with Gasteiger partial charge in [0.1, 0.15) is 6.07 Å². The molecule has 3 aromatic heterocycles. The first-order valence-electron chi connectivity index (χ1n) is 7.91. The van der Waals surface area contributed by atoms with Crippen LogP contribution in [0.25, 0.3) is 10.9 Å². The van der Waals surface area contributed by atoms with Gasteiger partial charge in [0.2, 0.25) is 0 Å². The van der Waals surface area contributed by atoms with Gasteiger partial charge in [0.15, 0.2) is 0 Å². The number of nitrogens with zero attached hydrogens (tertiary/aromatic N) is 4. The maximum Gasteiger partial charge on any atom is 0.103 e. The second-order valence-electron chi connectivity index (χ2n) is 5.65. The summed E-state index contributed by atoms with van der Waals surface area (Å²) in [5.74, 6) is 0. The molecule has 0 aliphatic rings. The van der Waals surface area contributed by atoms with Crippen LogP contribution in [-0.4, -0.2) is 19.5 Å². The molecular formula is C19H16N6. The van der Waals surface area contributed by atoms with Gasteiger partial charge in [0.25, 0.3) is 0 Å². The van der Waals surface area contributed by atoms with E-state index in [1.54, 1.807) is 0 Å². The van der Waals surface area contributed by atoms with Gasteiger partial charge in [0, 0.05) is 11.1 Å². The molecule has 0 radical (unpaired) electrons. The largest absolute Gasteiger partial charge is 0.354 e. The molecule has 0 unspecified atom stereocenters. The van der Waals surface area contributed by atoms with E-state index in [1.165, 1.54) is 0 Å². The summed E-state index contributed by atoms with van der Waals surface area (Å²) < 4.78 is 3.75. The van der Waals surface area contributed by atoms with E-state index in [2.05, 4.69) is 21.6 Å². The summed E-state index contributed by atoms with van der Waals surface area (Å²) in [7, 11) is 0. The molecule has 3 heterocycles. The zero-order valence-electron chi connectivity index (χ0n) is 13.6. The highest BCUT2D eigenvalue weighted by Crippen LogP contribution is 2.30. The number of para-hydroxylation sites is 2. The fraction of sp³-hybridized carbons (Fsp3) is 0.0526. The Morgan fingerprint density at radius 1 is 1.00 bits per heavy atom. The second kappa shape index (κ2) is 6.06. The van der Waals surface area contributed by atoms with Gasteiger partial charge in [-0.3, -0.25) is 4.98 Å². The van der Waals surface area contributed by atoms with Gasteiger partial charge in [-0.2, -0.15) is 19.7 Å². The van der Waals surface area contributed by atoms with Gasteiger partial charge in [-0.15, -0.1) is 0 Å². The van der Waals surface area contributed by atoms with Gasteiger partial charge in [-0.25, -0.2) is 0 Å². The first-order valence-corrected chi connectivity index (χ1v) is 7.91. The number of hydrogen-bond acceptors (Lipinski definition) is 3. The Bertz CT molecular complexity index is 1110. The highest BCUT2D eigenvalue weighted by atomic mass is 15.8. The van der Waals surface area contributed by atoms with Crippen LogP contribution >= 0.6 is 0 Å². The standard InChI is InChI=1S/C17H13N3.C2H3N3/c1-12-15(11-18)17(20-13-7-3-2-4-8-13)14-9-5-6-10-16(14)19-12;1-2-5-3-4(1)5/h2-10H,1H3,(H,19,20);1-3H. The number of nitriles is 1. The Hall–Kier alpha value is -3.72. The van der Waals surface area contributed by atoms with Crippen molar-refractivity contribution < 1.29 is 0 Å². The van der Waals surface area contributed by atoms with Crippen LogP contribution in [0.5, 0.6) is 0 Å². The fourth-order valence-electron chi connectivity index (χ4n) is 2.62. The molecule has 5 aromatic rings. The van der Waals surface area contributed by atoms with E-state index in [9.17, 15) is 5.26 Å². The van der Waals surface area contributed by atoms with Crippen molar-refractivity contribution in [1.82, 2.24) is 19.5 Å². The lowest BCUT2D eigenvalue weighted by molar-refractivity contribution is 0.962. The van der Waals surface area contributed by atoms with Crippen molar-refractivity contribution in [1.29, 1.82) is 5.26 Å². The van der Waals surface area contributed by atoms with Crippen molar-refractivity contribution in [3.8, 4) is 6.07 Å². The third-order valence-electron chi connectivity index (χ3n) is 3.97. The van der Waals surface area contributed by atoms with Crippen LogP contribution in [-0.2, 0) is 0 Å². The highest BCUT2D eigenvalue weighted by Gasteiger charge is 2.12. The fourth-order valence-corrected chi connectivity index (χ4v) is 2.62. The first-order chi connectivity index (χ1) is 12.3. The summed E-state index contributed by atoms with van der Waals surface area (Å²) >= 11 is 0. The average molecular weight is 328 g/mol. The summed E-state index contributed by atoms with van der Waals surface area (Å²) in [5.41, 5.74) is 4.00. The minimum atomic E-state index is 0.590. The number of hydrogen-bond donors (Lipinski definition) is 2. The first kappa shape index (κ1) is 14.8. The molecule has 2 aromatic carbocycles. The zero-order valence-corrected chi connectivity index (χ0v) is 13.6. The summed E-state index contributed by atoms with van der Waals surface area (Å²) in [6.07, 6.45) is 3.89. The maximum atomic E-state index is 9.41. The molecule has 0 fully saturated rings. The molecule has 6 heteroatoms. The number of pyridine rings is 1. The number of rotatable bonds is 2. The zero-order chi connectivity index (χ0) is 17.2. The van der Waals surface area contributed by atoms with E-state index in [0.29, 0.717) is 5.56 Å². The van der Waals surface area contributed by atoms with E-state index in [1.807, 2.05) is 83.2 Å². The smallest absolute Gasteiger partial charge is 0.103 e. The number of benzene rings is 2. The minimum absolute atomic E-state index is 0.590. The van der Waals surface area contributed by atoms with Gasteiger partial charge in [-0.05, 0) is 25.1 Å². The van der Waals surface area contributed by atoms with Crippen molar-refractivity contribution in [2.45, 2.75) is 6.92 Å². The molecule has 0 aliphatic heterocycles. The molecule has 0 aliphatic carbocycles. The van der Waals surface area contributed by atoms with Crippen LogP contribution in [0.1, 0.15) is 11.3 Å². The molecule has 0 saturated heterocycles. The number of nitrogens with one attached hydrogen (secondary N) is 2. The van der Waals surface area contributed by atoms with Crippen molar-refractivity contribution in [3.05, 3.63) is 78.2 Å². The molecule has 0 atom stereocenters. The van der Waals surface area contributed by atoms with Gasteiger partial charge in [-0.1, -0.05) is 36.4 Å². The van der Waals surface area contributed by atoms with Crippen LogP contribution in [0.4, 0.5) is 11.4 Å². The molecule has 0 spiro atoms. The molecule has 0 saturated carbocycles. The Morgan fingerprint density at radius 3 is 2.28 bits per heavy atom. The van der Waals surface area contributed by atoms with Crippen molar-refractivity contribution in [3.63, 3.8) is 0 Å². The van der Waals surface area contributed by atoms with E-state index in [4.69, 9.17) is 0 Å². The SMILES string of the molecule is Cc1nc2ccccc2c(Nc2ccccc2)c1C#N.c1cn2[nH]n12. The third kappa shape index (κ3) is 2.91. The third-order valence-corrected chi connectivity index (χ3v) is 3.97. The van der Waals surface area contributed by atoms with Crippen LogP contribution in [0.2, 0.25) is 0 Å². The minimum Gasteiger partial charge on any atom is -0.354 e. The predicted molar refractivity (Wildman–Crippen MR) is 97.3 cm³/mol. The lowest BCUT2D eigenvalue weighted by Crippen LogP contribution is -1.99. The lowest BCUT2D eigenvalue weighted by atomic mass is 10.1. The second-order valence-corrected chi connectivity index (χ2v) is 5.65. The van der Waals surface area contributed by atoms with Crippen LogP contribution in [0.3, 0.4) is 0 Å². The van der Waals surface area contributed by atoms with Gasteiger partial charge >= 0.3 is 0 Å². The number of aromatic nitrogens is 4. The van der Waals surface area contributed by atoms with Crippen molar-refractivity contribution >= 4 is 22.3 Å². The van der Waals surface area contributed by atoms with E-state index >= 15 is 0 Å². The number of fused-ring (bicyclic) bond motifs is 2. The van der Waals surface area contributed by atoms with Crippen molar-refractivity contribution in [2.75, 3.05) is 5.32 Å². The molecule has 0 amide bonds. The molecule has 0 bridgehead atoms. The van der Waals surface area contributed by atoms with Crippen LogP contribution in [0, 0.1) is 18.3 Å². The van der Waals surface area contributed by atoms with E-state index in [0.717, 1.165) is 28.0 Å².